The number of hydrogen-bond donors (Lipinski definition) is 0. The van der Waals surface area contributed by atoms with Crippen LogP contribution in [0.15, 0.2) is 77.6 Å². The molecule has 178 valence electrons. The van der Waals surface area contributed by atoms with Crippen LogP contribution >= 0.6 is 11.3 Å². The zero-order valence-electron chi connectivity index (χ0n) is 20.5. The zero-order valence-corrected chi connectivity index (χ0v) is 21.3. The number of rotatable bonds is 7. The molecule has 2 aliphatic carbocycles. The maximum Gasteiger partial charge on any atom is 0.330 e. The number of carbonyl (C=O) groups is 1. The van der Waals surface area contributed by atoms with Crippen molar-refractivity contribution in [3.63, 3.8) is 0 Å². The summed E-state index contributed by atoms with van der Waals surface area (Å²) in [5.41, 5.74) is 2.44. The average molecular weight is 477 g/mol. The molecule has 0 saturated carbocycles. The van der Waals surface area contributed by atoms with Crippen molar-refractivity contribution in [1.82, 2.24) is 0 Å². The van der Waals surface area contributed by atoms with Crippen LogP contribution < -0.4 is 9.47 Å². The Hall–Kier alpha value is -3.05. The van der Waals surface area contributed by atoms with Crippen molar-refractivity contribution in [3.8, 4) is 11.5 Å². The van der Waals surface area contributed by atoms with Crippen molar-refractivity contribution in [3.05, 3.63) is 82.5 Å². The molecule has 0 saturated heterocycles. The van der Waals surface area contributed by atoms with Crippen LogP contribution in [0.1, 0.15) is 44.4 Å². The van der Waals surface area contributed by atoms with Crippen molar-refractivity contribution in [2.75, 3.05) is 14.2 Å². The predicted molar refractivity (Wildman–Crippen MR) is 140 cm³/mol. The van der Waals surface area contributed by atoms with Gasteiger partial charge in [-0.05, 0) is 55.0 Å². The summed E-state index contributed by atoms with van der Waals surface area (Å²) in [6, 6.07) is 6.21. The van der Waals surface area contributed by atoms with Crippen molar-refractivity contribution in [2.45, 2.75) is 39.5 Å². The van der Waals surface area contributed by atoms with E-state index in [2.05, 4.69) is 55.9 Å². The molecule has 34 heavy (non-hydrogen) atoms. The summed E-state index contributed by atoms with van der Waals surface area (Å²) in [4.78, 5) is 12.7. The molecule has 2 unspecified atom stereocenters. The maximum absolute atomic E-state index is 11.4. The normalized spacial score (nSPS) is 20.4. The number of esters is 1. The van der Waals surface area contributed by atoms with Gasteiger partial charge in [-0.2, -0.15) is 0 Å². The summed E-state index contributed by atoms with van der Waals surface area (Å²) < 4.78 is 18.0. The molecule has 4 rings (SSSR count). The van der Waals surface area contributed by atoms with E-state index in [0.29, 0.717) is 11.8 Å². The van der Waals surface area contributed by atoms with Gasteiger partial charge < -0.3 is 14.2 Å². The van der Waals surface area contributed by atoms with Crippen LogP contribution in [0, 0.1) is 11.8 Å². The lowest BCUT2D eigenvalue weighted by Gasteiger charge is -2.31. The van der Waals surface area contributed by atoms with E-state index in [4.69, 9.17) is 9.47 Å². The molecule has 4 nitrogen and oxygen atoms in total. The first kappa shape index (κ1) is 24.1. The Bertz CT molecular complexity index is 1220. The zero-order chi connectivity index (χ0) is 24.2. The highest BCUT2D eigenvalue weighted by atomic mass is 32.1. The average Bonchev–Trinajstić information content (AvgIpc) is 3.19. The smallest absolute Gasteiger partial charge is 0.330 e. The van der Waals surface area contributed by atoms with E-state index in [1.54, 1.807) is 18.4 Å². The van der Waals surface area contributed by atoms with E-state index in [-0.39, 0.29) is 11.9 Å². The summed E-state index contributed by atoms with van der Waals surface area (Å²) >= 11 is 1.80. The first-order chi connectivity index (χ1) is 16.4. The van der Waals surface area contributed by atoms with Gasteiger partial charge in [-0.15, -0.1) is 11.3 Å². The van der Waals surface area contributed by atoms with Crippen LogP contribution in [0.5, 0.6) is 11.5 Å². The van der Waals surface area contributed by atoms with Crippen LogP contribution in [0.4, 0.5) is 0 Å². The molecule has 1 heterocycles. The van der Waals surface area contributed by atoms with Gasteiger partial charge in [-0.3, -0.25) is 0 Å². The standard InChI is InChI=1S/C29H32O4S/c1-18(2)23-8-6-7-19(3)27(23)29-28(24-15-14-22(31-4)17-25(24)34-29)33-21-12-9-20(10-13-21)11-16-26(30)32-5/h6-9,11-12,14-18,23,27H,10,13H2,1-5H3/b16-11+. The van der Waals surface area contributed by atoms with Gasteiger partial charge in [0, 0.05) is 28.5 Å². The summed E-state index contributed by atoms with van der Waals surface area (Å²) in [5, 5.41) is 1.12. The Kier molecular flexibility index (Phi) is 7.42. The fraction of sp³-hybridized carbons (Fsp3) is 0.345. The molecule has 0 amide bonds. The summed E-state index contributed by atoms with van der Waals surface area (Å²) in [5.74, 6) is 3.60. The second-order valence-electron chi connectivity index (χ2n) is 9.09. The Morgan fingerprint density at radius 2 is 1.97 bits per heavy atom. The molecule has 0 fully saturated rings. The van der Waals surface area contributed by atoms with Gasteiger partial charge in [-0.1, -0.05) is 49.8 Å². The van der Waals surface area contributed by atoms with Gasteiger partial charge in [0.1, 0.15) is 17.3 Å². The molecule has 0 bridgehead atoms. The van der Waals surface area contributed by atoms with Gasteiger partial charge in [0.05, 0.1) is 19.1 Å². The number of allylic oxidation sites excluding steroid dienone is 9. The maximum atomic E-state index is 11.4. The lowest BCUT2D eigenvalue weighted by atomic mass is 9.75. The Labute approximate surface area is 205 Å². The van der Waals surface area contributed by atoms with Crippen LogP contribution in [0.25, 0.3) is 10.1 Å². The highest BCUT2D eigenvalue weighted by Gasteiger charge is 2.32. The van der Waals surface area contributed by atoms with Gasteiger partial charge in [0.2, 0.25) is 0 Å². The molecular formula is C29H32O4S. The molecule has 2 atom stereocenters. The largest absolute Gasteiger partial charge is 0.497 e. The first-order valence-corrected chi connectivity index (χ1v) is 12.5. The number of carbonyl (C=O) groups excluding carboxylic acids is 1. The minimum Gasteiger partial charge on any atom is -0.497 e. The monoisotopic (exact) mass is 476 g/mol. The molecule has 0 radical (unpaired) electrons. The summed E-state index contributed by atoms with van der Waals surface area (Å²) in [6.45, 7) is 6.80. The molecule has 0 spiro atoms. The third-order valence-electron chi connectivity index (χ3n) is 6.51. The second-order valence-corrected chi connectivity index (χ2v) is 10.2. The van der Waals surface area contributed by atoms with Crippen LogP contribution in [-0.4, -0.2) is 20.2 Å². The van der Waals surface area contributed by atoms with E-state index in [1.165, 1.54) is 28.3 Å². The molecule has 1 aromatic heterocycles. The van der Waals surface area contributed by atoms with Crippen LogP contribution in [0.3, 0.4) is 0 Å². The summed E-state index contributed by atoms with van der Waals surface area (Å²) in [7, 11) is 3.08. The molecule has 2 aliphatic rings. The number of methoxy groups -OCH3 is 2. The van der Waals surface area contributed by atoms with Crippen molar-refractivity contribution >= 4 is 27.4 Å². The molecule has 0 aliphatic heterocycles. The third kappa shape index (κ3) is 5.05. The Balaban J connectivity index is 1.73. The van der Waals surface area contributed by atoms with Gasteiger partial charge in [-0.25, -0.2) is 4.79 Å². The van der Waals surface area contributed by atoms with E-state index < -0.39 is 0 Å². The number of ether oxygens (including phenoxy) is 3. The summed E-state index contributed by atoms with van der Waals surface area (Å²) in [6.07, 6.45) is 15.6. The van der Waals surface area contributed by atoms with Gasteiger partial charge in [0.15, 0.2) is 0 Å². The fourth-order valence-corrected chi connectivity index (χ4v) is 5.98. The molecular weight excluding hydrogens is 444 g/mol. The first-order valence-electron chi connectivity index (χ1n) is 11.7. The van der Waals surface area contributed by atoms with E-state index in [9.17, 15) is 4.79 Å². The van der Waals surface area contributed by atoms with E-state index >= 15 is 0 Å². The second kappa shape index (κ2) is 10.5. The predicted octanol–water partition coefficient (Wildman–Crippen LogP) is 7.49. The number of thiophene rings is 1. The topological polar surface area (TPSA) is 44.8 Å². The number of benzene rings is 1. The quantitative estimate of drug-likeness (QED) is 0.307. The van der Waals surface area contributed by atoms with E-state index in [1.807, 2.05) is 24.3 Å². The molecule has 5 heteroatoms. The highest BCUT2D eigenvalue weighted by Crippen LogP contribution is 2.51. The van der Waals surface area contributed by atoms with Gasteiger partial charge in [0.25, 0.3) is 0 Å². The fourth-order valence-electron chi connectivity index (χ4n) is 4.58. The van der Waals surface area contributed by atoms with Crippen molar-refractivity contribution in [1.29, 1.82) is 0 Å². The Morgan fingerprint density at radius 3 is 2.65 bits per heavy atom. The minimum absolute atomic E-state index is 0.279. The number of hydrogen-bond acceptors (Lipinski definition) is 5. The Morgan fingerprint density at radius 1 is 1.15 bits per heavy atom. The highest BCUT2D eigenvalue weighted by molar-refractivity contribution is 7.19. The van der Waals surface area contributed by atoms with E-state index in [0.717, 1.165) is 41.1 Å². The third-order valence-corrected chi connectivity index (χ3v) is 7.73. The minimum atomic E-state index is -0.346. The van der Waals surface area contributed by atoms with Gasteiger partial charge >= 0.3 is 5.97 Å². The SMILES string of the molecule is COC(=O)/C=C/C1=CC=C(Oc2c(C3C(C)=CC=CC3C(C)C)sc3cc(OC)ccc23)CC1. The molecule has 2 aromatic rings. The van der Waals surface area contributed by atoms with Crippen LogP contribution in [0.2, 0.25) is 0 Å². The van der Waals surface area contributed by atoms with Crippen molar-refractivity contribution < 1.29 is 19.0 Å². The molecule has 1 aromatic carbocycles. The lowest BCUT2D eigenvalue weighted by Crippen LogP contribution is -2.19. The lowest BCUT2D eigenvalue weighted by molar-refractivity contribution is -0.134. The van der Waals surface area contributed by atoms with Crippen LogP contribution in [-0.2, 0) is 9.53 Å². The molecule has 0 N–H and O–H groups in total. The number of fused-ring (bicyclic) bond motifs is 1. The van der Waals surface area contributed by atoms with Crippen molar-refractivity contribution in [2.24, 2.45) is 11.8 Å².